The summed E-state index contributed by atoms with van der Waals surface area (Å²) in [6.07, 6.45) is -4.72. The minimum Gasteiger partial charge on any atom is -0.478 e. The topological polar surface area (TPSA) is 74.4 Å². The lowest BCUT2D eigenvalue weighted by Crippen LogP contribution is -2.19. The molecule has 0 fully saturated rings. The predicted octanol–water partition coefficient (Wildman–Crippen LogP) is 1.26. The molecule has 0 unspecified atom stereocenters. The van der Waals surface area contributed by atoms with Crippen LogP contribution < -0.4 is 15.2 Å². The minimum absolute atomic E-state index is 0.0382. The van der Waals surface area contributed by atoms with Gasteiger partial charge in [0.25, 0.3) is 5.88 Å². The molecule has 0 amide bonds. The first kappa shape index (κ1) is 13.2. The first-order valence-corrected chi connectivity index (χ1v) is 4.40. The fraction of sp³-hybridized carbons (Fsp3) is 0.333. The van der Waals surface area contributed by atoms with Gasteiger partial charge in [-0.05, 0) is 6.07 Å². The van der Waals surface area contributed by atoms with Crippen molar-refractivity contribution in [1.82, 2.24) is 4.98 Å². The second kappa shape index (κ2) is 5.00. The fourth-order valence-electron chi connectivity index (χ4n) is 1.13. The van der Waals surface area contributed by atoms with Crippen LogP contribution >= 0.6 is 0 Å². The molecule has 0 aliphatic heterocycles. The molecule has 0 atom stereocenters. The Labute approximate surface area is 94.3 Å². The van der Waals surface area contributed by atoms with Gasteiger partial charge in [0.1, 0.15) is 0 Å². The van der Waals surface area contributed by atoms with Gasteiger partial charge in [-0.25, -0.2) is 4.98 Å². The second-order valence-corrected chi connectivity index (χ2v) is 2.91. The molecule has 2 N–H and O–H groups in total. The van der Waals surface area contributed by atoms with E-state index < -0.39 is 18.0 Å². The molecule has 0 aliphatic carbocycles. The maximum absolute atomic E-state index is 12.1. The first-order valence-electron chi connectivity index (χ1n) is 4.40. The van der Waals surface area contributed by atoms with Gasteiger partial charge in [0.05, 0.1) is 18.4 Å². The Morgan fingerprint density at radius 1 is 1.53 bits per heavy atom. The van der Waals surface area contributed by atoms with Gasteiger partial charge in [0.15, 0.2) is 6.29 Å². The van der Waals surface area contributed by atoms with Crippen LogP contribution in [0.2, 0.25) is 0 Å². The summed E-state index contributed by atoms with van der Waals surface area (Å²) in [5.74, 6) is -1.21. The Morgan fingerprint density at radius 3 is 2.59 bits per heavy atom. The minimum atomic E-state index is -4.93. The van der Waals surface area contributed by atoms with Crippen LogP contribution in [0.1, 0.15) is 16.1 Å². The van der Waals surface area contributed by atoms with Crippen molar-refractivity contribution in [3.8, 4) is 11.6 Å². The van der Waals surface area contributed by atoms with E-state index in [1.54, 1.807) is 0 Å². The maximum atomic E-state index is 12.1. The highest BCUT2D eigenvalue weighted by atomic mass is 19.4. The summed E-state index contributed by atoms with van der Waals surface area (Å²) in [6, 6.07) is 1.11. The van der Waals surface area contributed by atoms with E-state index in [9.17, 15) is 18.0 Å². The van der Waals surface area contributed by atoms with Crippen molar-refractivity contribution >= 4 is 6.29 Å². The van der Waals surface area contributed by atoms with Crippen LogP contribution in [0, 0.1) is 0 Å². The van der Waals surface area contributed by atoms with Crippen molar-refractivity contribution in [3.63, 3.8) is 0 Å². The number of nitrogens with zero attached hydrogens (tertiary/aromatic N) is 1. The van der Waals surface area contributed by atoms with E-state index in [0.717, 1.165) is 13.2 Å². The van der Waals surface area contributed by atoms with E-state index in [1.165, 1.54) is 0 Å². The van der Waals surface area contributed by atoms with Gasteiger partial charge in [0.2, 0.25) is 5.75 Å². The summed E-state index contributed by atoms with van der Waals surface area (Å²) in [4.78, 5) is 14.3. The molecule has 1 heterocycles. The summed E-state index contributed by atoms with van der Waals surface area (Å²) < 4.78 is 44.6. The molecule has 1 aromatic heterocycles. The van der Waals surface area contributed by atoms with E-state index in [2.05, 4.69) is 14.5 Å². The number of carbonyl (C=O) groups excluding carboxylic acids is 1. The highest BCUT2D eigenvalue weighted by Crippen LogP contribution is 2.33. The zero-order valence-electron chi connectivity index (χ0n) is 8.75. The number of methoxy groups -OCH3 is 1. The zero-order chi connectivity index (χ0) is 13.1. The molecule has 0 saturated heterocycles. The van der Waals surface area contributed by atoms with Crippen LogP contribution in [0.5, 0.6) is 11.6 Å². The van der Waals surface area contributed by atoms with Gasteiger partial charge >= 0.3 is 6.36 Å². The summed E-state index contributed by atoms with van der Waals surface area (Å²) in [5, 5.41) is 0. The molecule has 0 radical (unpaired) electrons. The smallest absolute Gasteiger partial charge is 0.478 e. The van der Waals surface area contributed by atoms with E-state index in [1.807, 2.05) is 0 Å². The standard InChI is InChI=1S/C9H9F3N2O3/c1-16-8-7(17-9(10,11)12)5(4-15)2-6(3-13)14-8/h2,4H,3,13H2,1H3. The lowest BCUT2D eigenvalue weighted by atomic mass is 10.2. The van der Waals surface area contributed by atoms with Crippen LogP contribution in [-0.2, 0) is 6.54 Å². The lowest BCUT2D eigenvalue weighted by molar-refractivity contribution is -0.275. The van der Waals surface area contributed by atoms with E-state index in [4.69, 9.17) is 5.73 Å². The van der Waals surface area contributed by atoms with Crippen LogP contribution in [0.3, 0.4) is 0 Å². The zero-order valence-corrected chi connectivity index (χ0v) is 8.75. The molecule has 1 rings (SSSR count). The number of hydrogen-bond donors (Lipinski definition) is 1. The number of hydrogen-bond acceptors (Lipinski definition) is 5. The van der Waals surface area contributed by atoms with E-state index in [0.29, 0.717) is 0 Å². The van der Waals surface area contributed by atoms with Gasteiger partial charge in [-0.1, -0.05) is 0 Å². The number of aldehydes is 1. The van der Waals surface area contributed by atoms with Crippen LogP contribution in [0.4, 0.5) is 13.2 Å². The molecule has 94 valence electrons. The summed E-state index contributed by atoms with van der Waals surface area (Å²) in [5.41, 5.74) is 5.17. The van der Waals surface area contributed by atoms with Crippen molar-refractivity contribution < 1.29 is 27.4 Å². The Morgan fingerprint density at radius 2 is 2.18 bits per heavy atom. The van der Waals surface area contributed by atoms with Gasteiger partial charge in [-0.3, -0.25) is 4.79 Å². The average molecular weight is 250 g/mol. The summed E-state index contributed by atoms with van der Waals surface area (Å²) >= 11 is 0. The highest BCUT2D eigenvalue weighted by molar-refractivity contribution is 5.80. The first-order chi connectivity index (χ1) is 7.91. The number of alkyl halides is 3. The number of carbonyl (C=O) groups is 1. The van der Waals surface area contributed by atoms with E-state index in [-0.39, 0.29) is 24.1 Å². The van der Waals surface area contributed by atoms with Gasteiger partial charge in [-0.15, -0.1) is 13.2 Å². The van der Waals surface area contributed by atoms with Gasteiger partial charge < -0.3 is 15.2 Å². The Bertz CT molecular complexity index is 421. The van der Waals surface area contributed by atoms with Crippen LogP contribution in [0.25, 0.3) is 0 Å². The maximum Gasteiger partial charge on any atom is 0.573 e. The number of nitrogens with two attached hydrogens (primary N) is 1. The van der Waals surface area contributed by atoms with Crippen molar-refractivity contribution in [1.29, 1.82) is 0 Å². The second-order valence-electron chi connectivity index (χ2n) is 2.91. The fourth-order valence-corrected chi connectivity index (χ4v) is 1.13. The average Bonchev–Trinajstić information content (AvgIpc) is 2.27. The van der Waals surface area contributed by atoms with Crippen molar-refractivity contribution in [3.05, 3.63) is 17.3 Å². The van der Waals surface area contributed by atoms with Gasteiger partial charge in [0, 0.05) is 6.54 Å². The molecule has 0 aromatic carbocycles. The predicted molar refractivity (Wildman–Crippen MR) is 50.8 cm³/mol. The molecule has 0 spiro atoms. The monoisotopic (exact) mass is 250 g/mol. The summed E-state index contributed by atoms with van der Waals surface area (Å²) in [7, 11) is 1.11. The molecule has 0 bridgehead atoms. The molecule has 17 heavy (non-hydrogen) atoms. The SMILES string of the molecule is COc1nc(CN)cc(C=O)c1OC(F)(F)F. The van der Waals surface area contributed by atoms with E-state index >= 15 is 0 Å². The molecule has 5 nitrogen and oxygen atoms in total. The van der Waals surface area contributed by atoms with Crippen molar-refractivity contribution in [2.75, 3.05) is 7.11 Å². The molecular weight excluding hydrogens is 241 g/mol. The number of rotatable bonds is 4. The van der Waals surface area contributed by atoms with Crippen molar-refractivity contribution in [2.45, 2.75) is 12.9 Å². The molecule has 0 aliphatic rings. The lowest BCUT2D eigenvalue weighted by Gasteiger charge is -2.14. The number of aromatic nitrogens is 1. The highest BCUT2D eigenvalue weighted by Gasteiger charge is 2.34. The Kier molecular flexibility index (Phi) is 3.89. The van der Waals surface area contributed by atoms with Crippen LogP contribution in [-0.4, -0.2) is 24.7 Å². The third-order valence-corrected chi connectivity index (χ3v) is 1.77. The van der Waals surface area contributed by atoms with Crippen molar-refractivity contribution in [2.24, 2.45) is 5.73 Å². The Balaban J connectivity index is 3.29. The quantitative estimate of drug-likeness (QED) is 0.814. The number of ether oxygens (including phenoxy) is 2. The van der Waals surface area contributed by atoms with Crippen LogP contribution in [0.15, 0.2) is 6.07 Å². The number of halogens is 3. The normalized spacial score (nSPS) is 11.1. The molecule has 1 aromatic rings. The summed E-state index contributed by atoms with van der Waals surface area (Å²) in [6.45, 7) is -0.0382. The molecule has 8 heteroatoms. The molecular formula is C9H9F3N2O3. The Hall–Kier alpha value is -1.83. The third kappa shape index (κ3) is 3.31. The largest absolute Gasteiger partial charge is 0.573 e. The third-order valence-electron chi connectivity index (χ3n) is 1.77. The molecule has 0 saturated carbocycles. The van der Waals surface area contributed by atoms with Gasteiger partial charge in [-0.2, -0.15) is 0 Å². The number of pyridine rings is 1.